The van der Waals surface area contributed by atoms with Crippen molar-refractivity contribution in [1.82, 2.24) is 9.80 Å². The molecular formula is C18H22ClN3OS. The molecule has 1 saturated heterocycles. The van der Waals surface area contributed by atoms with Crippen molar-refractivity contribution in [1.29, 1.82) is 0 Å². The first-order chi connectivity index (χ1) is 11.6. The van der Waals surface area contributed by atoms with Crippen LogP contribution in [0.15, 0.2) is 35.7 Å². The Balaban J connectivity index is 1.43. The van der Waals surface area contributed by atoms with Crippen LogP contribution in [0.25, 0.3) is 0 Å². The molecule has 0 radical (unpaired) electrons. The molecule has 0 aliphatic carbocycles. The number of carbonyl (C=O) groups is 1. The molecule has 6 heteroatoms. The highest BCUT2D eigenvalue weighted by Crippen LogP contribution is 2.20. The van der Waals surface area contributed by atoms with Crippen LogP contribution in [0.1, 0.15) is 10.4 Å². The van der Waals surface area contributed by atoms with Crippen LogP contribution in [-0.2, 0) is 11.3 Å². The largest absolute Gasteiger partial charge is 0.325 e. The van der Waals surface area contributed by atoms with Crippen molar-refractivity contribution in [2.24, 2.45) is 0 Å². The number of aryl methyl sites for hydroxylation is 1. The van der Waals surface area contributed by atoms with Gasteiger partial charge in [-0.3, -0.25) is 14.6 Å². The molecule has 1 amide bonds. The minimum absolute atomic E-state index is 0.0154. The predicted molar refractivity (Wildman–Crippen MR) is 101 cm³/mol. The zero-order chi connectivity index (χ0) is 16.9. The maximum atomic E-state index is 12.2. The summed E-state index contributed by atoms with van der Waals surface area (Å²) in [5.74, 6) is 0.0154. The first kappa shape index (κ1) is 17.4. The molecule has 2 aromatic rings. The average molecular weight is 364 g/mol. The summed E-state index contributed by atoms with van der Waals surface area (Å²) in [6.45, 7) is 7.24. The summed E-state index contributed by atoms with van der Waals surface area (Å²) in [5.41, 5.74) is 1.77. The molecular weight excluding hydrogens is 342 g/mol. The highest BCUT2D eigenvalue weighted by molar-refractivity contribution is 7.09. The molecule has 128 valence electrons. The first-order valence-corrected chi connectivity index (χ1v) is 9.39. The Morgan fingerprint density at radius 3 is 2.62 bits per heavy atom. The third-order valence-corrected chi connectivity index (χ3v) is 5.52. The molecule has 1 aliphatic heterocycles. The van der Waals surface area contributed by atoms with Crippen molar-refractivity contribution < 1.29 is 4.79 Å². The number of rotatable bonds is 5. The van der Waals surface area contributed by atoms with Crippen LogP contribution in [0, 0.1) is 6.92 Å². The second-order valence-electron chi connectivity index (χ2n) is 6.14. The Bertz CT molecular complexity index is 682. The van der Waals surface area contributed by atoms with Crippen LogP contribution < -0.4 is 5.32 Å². The SMILES string of the molecule is Cc1ccc(NC(=O)CN2CCN(Cc3cccs3)CC2)cc1Cl. The molecule has 1 N–H and O–H groups in total. The summed E-state index contributed by atoms with van der Waals surface area (Å²) in [4.78, 5) is 18.3. The highest BCUT2D eigenvalue weighted by atomic mass is 35.5. The summed E-state index contributed by atoms with van der Waals surface area (Å²) in [7, 11) is 0. The minimum Gasteiger partial charge on any atom is -0.325 e. The third kappa shape index (κ3) is 4.80. The zero-order valence-electron chi connectivity index (χ0n) is 13.8. The molecule has 1 aliphatic rings. The fourth-order valence-corrected chi connectivity index (χ4v) is 3.73. The van der Waals surface area contributed by atoms with Crippen LogP contribution in [0.4, 0.5) is 5.69 Å². The third-order valence-electron chi connectivity index (χ3n) is 4.25. The number of anilines is 1. The molecule has 0 atom stereocenters. The second kappa shape index (κ2) is 8.12. The van der Waals surface area contributed by atoms with E-state index in [-0.39, 0.29) is 5.91 Å². The Morgan fingerprint density at radius 2 is 1.96 bits per heavy atom. The van der Waals surface area contributed by atoms with Gasteiger partial charge in [-0.05, 0) is 36.1 Å². The van der Waals surface area contributed by atoms with Gasteiger partial charge in [-0.1, -0.05) is 23.7 Å². The molecule has 0 spiro atoms. The maximum Gasteiger partial charge on any atom is 0.238 e. The molecule has 1 aromatic carbocycles. The maximum absolute atomic E-state index is 12.2. The molecule has 24 heavy (non-hydrogen) atoms. The molecule has 0 saturated carbocycles. The minimum atomic E-state index is 0.0154. The van der Waals surface area contributed by atoms with Crippen molar-refractivity contribution in [3.8, 4) is 0 Å². The molecule has 0 bridgehead atoms. The molecule has 4 nitrogen and oxygen atoms in total. The van der Waals surface area contributed by atoms with E-state index in [0.29, 0.717) is 11.6 Å². The van der Waals surface area contributed by atoms with Crippen LogP contribution in [0.2, 0.25) is 5.02 Å². The standard InChI is InChI=1S/C18H22ClN3OS/c1-14-4-5-15(11-17(14)19)20-18(23)13-22-8-6-21(7-9-22)12-16-3-2-10-24-16/h2-5,10-11H,6-9,12-13H2,1H3,(H,20,23). The van der Waals surface area contributed by atoms with E-state index in [1.165, 1.54) is 4.88 Å². The summed E-state index contributed by atoms with van der Waals surface area (Å²) in [6.07, 6.45) is 0. The fraction of sp³-hybridized carbons (Fsp3) is 0.389. The van der Waals surface area contributed by atoms with Gasteiger partial charge in [0.15, 0.2) is 0 Å². The van der Waals surface area contributed by atoms with Crippen molar-refractivity contribution in [2.75, 3.05) is 38.0 Å². The number of nitrogens with one attached hydrogen (secondary N) is 1. The van der Waals surface area contributed by atoms with E-state index >= 15 is 0 Å². The Kier molecular flexibility index (Phi) is 5.89. The summed E-state index contributed by atoms with van der Waals surface area (Å²) >= 11 is 7.90. The van der Waals surface area contributed by atoms with Crippen LogP contribution in [0.5, 0.6) is 0 Å². The van der Waals surface area contributed by atoms with E-state index in [1.807, 2.05) is 19.1 Å². The van der Waals surface area contributed by atoms with Crippen molar-refractivity contribution in [3.05, 3.63) is 51.2 Å². The first-order valence-electron chi connectivity index (χ1n) is 8.13. The van der Waals surface area contributed by atoms with Gasteiger partial charge in [0.1, 0.15) is 0 Å². The number of hydrogen-bond donors (Lipinski definition) is 1. The Labute approximate surface area is 152 Å². The molecule has 2 heterocycles. The number of nitrogens with zero attached hydrogens (tertiary/aromatic N) is 2. The van der Waals surface area contributed by atoms with E-state index in [2.05, 4.69) is 32.6 Å². The van der Waals surface area contributed by atoms with E-state index in [0.717, 1.165) is 44.0 Å². The van der Waals surface area contributed by atoms with Gasteiger partial charge in [0.2, 0.25) is 5.91 Å². The lowest BCUT2D eigenvalue weighted by Gasteiger charge is -2.34. The monoisotopic (exact) mass is 363 g/mol. The van der Waals surface area contributed by atoms with E-state index in [4.69, 9.17) is 11.6 Å². The number of carbonyl (C=O) groups excluding carboxylic acids is 1. The number of benzene rings is 1. The quantitative estimate of drug-likeness (QED) is 0.883. The van der Waals surface area contributed by atoms with Crippen molar-refractivity contribution in [2.45, 2.75) is 13.5 Å². The summed E-state index contributed by atoms with van der Waals surface area (Å²) in [5, 5.41) is 5.72. The Hall–Kier alpha value is -1.40. The summed E-state index contributed by atoms with van der Waals surface area (Å²) < 4.78 is 0. The zero-order valence-corrected chi connectivity index (χ0v) is 15.4. The van der Waals surface area contributed by atoms with Gasteiger partial charge in [0.25, 0.3) is 0 Å². The summed E-state index contributed by atoms with van der Waals surface area (Å²) in [6, 6.07) is 9.88. The van der Waals surface area contributed by atoms with Gasteiger partial charge in [-0.25, -0.2) is 0 Å². The van der Waals surface area contributed by atoms with E-state index in [9.17, 15) is 4.79 Å². The van der Waals surface area contributed by atoms with Gasteiger partial charge in [-0.15, -0.1) is 11.3 Å². The lowest BCUT2D eigenvalue weighted by Crippen LogP contribution is -2.48. The van der Waals surface area contributed by atoms with Crippen LogP contribution in [0.3, 0.4) is 0 Å². The van der Waals surface area contributed by atoms with Gasteiger partial charge in [0, 0.05) is 48.3 Å². The highest BCUT2D eigenvalue weighted by Gasteiger charge is 2.19. The van der Waals surface area contributed by atoms with Crippen molar-refractivity contribution in [3.63, 3.8) is 0 Å². The van der Waals surface area contributed by atoms with Crippen LogP contribution >= 0.6 is 22.9 Å². The lowest BCUT2D eigenvalue weighted by molar-refractivity contribution is -0.117. The van der Waals surface area contributed by atoms with E-state index in [1.54, 1.807) is 17.4 Å². The number of thiophene rings is 1. The van der Waals surface area contributed by atoms with Gasteiger partial charge < -0.3 is 5.32 Å². The normalized spacial score (nSPS) is 16.2. The second-order valence-corrected chi connectivity index (χ2v) is 7.58. The molecule has 1 fully saturated rings. The van der Waals surface area contributed by atoms with Crippen molar-refractivity contribution >= 4 is 34.5 Å². The number of halogens is 1. The predicted octanol–water partition coefficient (Wildman–Crippen LogP) is 3.47. The van der Waals surface area contributed by atoms with Gasteiger partial charge >= 0.3 is 0 Å². The Morgan fingerprint density at radius 1 is 1.21 bits per heavy atom. The fourth-order valence-electron chi connectivity index (χ4n) is 2.80. The lowest BCUT2D eigenvalue weighted by atomic mass is 10.2. The van der Waals surface area contributed by atoms with Crippen LogP contribution in [-0.4, -0.2) is 48.4 Å². The molecule has 1 aromatic heterocycles. The topological polar surface area (TPSA) is 35.6 Å². The van der Waals surface area contributed by atoms with Gasteiger partial charge in [-0.2, -0.15) is 0 Å². The molecule has 0 unspecified atom stereocenters. The smallest absolute Gasteiger partial charge is 0.238 e. The number of amides is 1. The average Bonchev–Trinajstić information content (AvgIpc) is 3.06. The van der Waals surface area contributed by atoms with E-state index < -0.39 is 0 Å². The van der Waals surface area contributed by atoms with Gasteiger partial charge in [0.05, 0.1) is 6.54 Å². The number of piperazine rings is 1. The molecule has 3 rings (SSSR count). The number of hydrogen-bond acceptors (Lipinski definition) is 4.